The van der Waals surface area contributed by atoms with Crippen LogP contribution in [-0.4, -0.2) is 47.3 Å². The highest BCUT2D eigenvalue weighted by atomic mass is 19.1. The predicted molar refractivity (Wildman–Crippen MR) is 133 cm³/mol. The van der Waals surface area contributed by atoms with Crippen molar-refractivity contribution in [1.29, 1.82) is 0 Å². The number of amides is 1. The fourth-order valence-corrected chi connectivity index (χ4v) is 5.18. The lowest BCUT2D eigenvalue weighted by molar-refractivity contribution is 0.0742. The van der Waals surface area contributed by atoms with Gasteiger partial charge in [0.15, 0.2) is 5.78 Å². The second-order valence-corrected chi connectivity index (χ2v) is 10.2. The normalized spacial score (nSPS) is 17.2. The summed E-state index contributed by atoms with van der Waals surface area (Å²) in [7, 11) is 0. The maximum Gasteiger partial charge on any atom is 0.268 e. The summed E-state index contributed by atoms with van der Waals surface area (Å²) in [5.74, 6) is -1.34. The van der Waals surface area contributed by atoms with Crippen LogP contribution in [0.25, 0.3) is 5.69 Å². The average molecular weight is 492 g/mol. The fraction of sp³-hybridized carbons (Fsp3) is 0.321. The van der Waals surface area contributed by atoms with Gasteiger partial charge in [-0.2, -0.15) is 0 Å². The number of hydrogen-bond acceptors (Lipinski definition) is 4. The Balaban J connectivity index is 1.54. The molecule has 5 rings (SSSR count). The minimum atomic E-state index is -0.535. The largest absolute Gasteiger partial charge is 0.366 e. The lowest BCUT2D eigenvalue weighted by atomic mass is 9.73. The van der Waals surface area contributed by atoms with Gasteiger partial charge < -0.3 is 9.80 Å². The zero-order valence-corrected chi connectivity index (χ0v) is 20.3. The lowest BCUT2D eigenvalue weighted by Gasteiger charge is -2.37. The summed E-state index contributed by atoms with van der Waals surface area (Å²) in [5, 5.41) is 0. The number of carbonyl (C=O) groups is 2. The highest BCUT2D eigenvalue weighted by molar-refractivity contribution is 6.04. The number of para-hydroxylation sites is 1. The summed E-state index contributed by atoms with van der Waals surface area (Å²) >= 11 is 0. The van der Waals surface area contributed by atoms with Crippen molar-refractivity contribution in [3.63, 3.8) is 0 Å². The van der Waals surface area contributed by atoms with Crippen LogP contribution in [-0.2, 0) is 6.42 Å². The maximum atomic E-state index is 14.3. The van der Waals surface area contributed by atoms with E-state index >= 15 is 0 Å². The van der Waals surface area contributed by atoms with Gasteiger partial charge in [-0.25, -0.2) is 8.78 Å². The Kier molecular flexibility index (Phi) is 5.98. The number of anilines is 1. The molecule has 0 N–H and O–H groups in total. The minimum Gasteiger partial charge on any atom is -0.366 e. The van der Waals surface area contributed by atoms with Gasteiger partial charge in [0, 0.05) is 50.0 Å². The summed E-state index contributed by atoms with van der Waals surface area (Å²) in [6, 6.07) is 11.9. The first-order chi connectivity index (χ1) is 17.1. The van der Waals surface area contributed by atoms with Gasteiger partial charge in [-0.1, -0.05) is 26.0 Å². The van der Waals surface area contributed by atoms with Crippen molar-refractivity contribution >= 4 is 17.4 Å². The van der Waals surface area contributed by atoms with E-state index in [1.165, 1.54) is 41.1 Å². The van der Waals surface area contributed by atoms with Gasteiger partial charge in [0.2, 0.25) is 0 Å². The van der Waals surface area contributed by atoms with Crippen LogP contribution in [0.5, 0.6) is 0 Å². The second-order valence-electron chi connectivity index (χ2n) is 10.2. The second kappa shape index (κ2) is 9.00. The molecule has 6 nitrogen and oxygen atoms in total. The fourth-order valence-electron chi connectivity index (χ4n) is 5.18. The molecule has 0 unspecified atom stereocenters. The summed E-state index contributed by atoms with van der Waals surface area (Å²) in [4.78, 5) is 44.1. The van der Waals surface area contributed by atoms with Gasteiger partial charge in [0.25, 0.3) is 11.5 Å². The van der Waals surface area contributed by atoms with Crippen molar-refractivity contribution in [3.8, 4) is 5.69 Å². The number of carbonyl (C=O) groups excluding carboxylic acids is 2. The molecule has 1 fully saturated rings. The molecule has 1 aliphatic carbocycles. The summed E-state index contributed by atoms with van der Waals surface area (Å²) < 4.78 is 29.0. The van der Waals surface area contributed by atoms with Crippen molar-refractivity contribution < 1.29 is 18.4 Å². The summed E-state index contributed by atoms with van der Waals surface area (Å²) in [6.45, 7) is 5.34. The standard InChI is InChI=1S/C28H27F2N3O3/c1-28(2)15-20-21(24(34)16-28)17-33(19-9-7-18(29)8-10-19)27(36)25(20)26(35)32-13-11-31(12-14-32)23-6-4-3-5-22(23)30/h3-10,17H,11-16H2,1-2H3. The van der Waals surface area contributed by atoms with Gasteiger partial charge in [0.1, 0.15) is 17.2 Å². The van der Waals surface area contributed by atoms with Crippen LogP contribution in [0.2, 0.25) is 0 Å². The molecular formula is C28H27F2N3O3. The molecule has 2 heterocycles. The molecular weight excluding hydrogens is 464 g/mol. The van der Waals surface area contributed by atoms with E-state index in [0.717, 1.165) is 0 Å². The molecule has 186 valence electrons. The van der Waals surface area contributed by atoms with Crippen LogP contribution in [0.4, 0.5) is 14.5 Å². The molecule has 1 aromatic heterocycles. The molecule has 0 saturated carbocycles. The lowest BCUT2D eigenvalue weighted by Crippen LogP contribution is -2.50. The number of aromatic nitrogens is 1. The molecule has 1 aliphatic heterocycles. The van der Waals surface area contributed by atoms with Gasteiger partial charge in [-0.3, -0.25) is 19.0 Å². The van der Waals surface area contributed by atoms with Crippen LogP contribution in [0.3, 0.4) is 0 Å². The molecule has 0 bridgehead atoms. The van der Waals surface area contributed by atoms with E-state index in [-0.39, 0.29) is 17.2 Å². The smallest absolute Gasteiger partial charge is 0.268 e. The van der Waals surface area contributed by atoms with Crippen molar-refractivity contribution in [2.45, 2.75) is 26.7 Å². The number of hydrogen-bond donors (Lipinski definition) is 0. The summed E-state index contributed by atoms with van der Waals surface area (Å²) in [6.07, 6.45) is 2.20. The molecule has 1 amide bonds. The number of piperazine rings is 1. The molecule has 1 saturated heterocycles. The van der Waals surface area contributed by atoms with E-state index in [0.29, 0.717) is 61.5 Å². The molecule has 2 aliphatic rings. The molecule has 36 heavy (non-hydrogen) atoms. The zero-order valence-electron chi connectivity index (χ0n) is 20.3. The first-order valence-electron chi connectivity index (χ1n) is 12.0. The highest BCUT2D eigenvalue weighted by Crippen LogP contribution is 2.36. The Hall–Kier alpha value is -3.81. The number of ketones is 1. The molecule has 8 heteroatoms. The number of fused-ring (bicyclic) bond motifs is 1. The van der Waals surface area contributed by atoms with Crippen LogP contribution in [0.15, 0.2) is 59.5 Å². The molecule has 2 aromatic carbocycles. The third kappa shape index (κ3) is 4.32. The van der Waals surface area contributed by atoms with Gasteiger partial charge in [-0.15, -0.1) is 0 Å². The Morgan fingerprint density at radius 2 is 1.56 bits per heavy atom. The quantitative estimate of drug-likeness (QED) is 0.550. The number of nitrogens with zero attached hydrogens (tertiary/aromatic N) is 3. The minimum absolute atomic E-state index is 0.0164. The van der Waals surface area contributed by atoms with E-state index in [1.807, 2.05) is 18.7 Å². The van der Waals surface area contributed by atoms with E-state index < -0.39 is 22.7 Å². The zero-order chi connectivity index (χ0) is 25.6. The first kappa shape index (κ1) is 23.9. The van der Waals surface area contributed by atoms with Gasteiger partial charge in [0.05, 0.1) is 5.69 Å². The van der Waals surface area contributed by atoms with E-state index in [1.54, 1.807) is 23.1 Å². The Morgan fingerprint density at radius 1 is 0.889 bits per heavy atom. The van der Waals surface area contributed by atoms with E-state index in [9.17, 15) is 23.2 Å². The molecule has 3 aromatic rings. The number of Topliss-reactive ketones (excluding diaryl/α,β-unsaturated/α-hetero) is 1. The predicted octanol–water partition coefficient (Wildman–Crippen LogP) is 4.23. The first-order valence-corrected chi connectivity index (χ1v) is 12.0. The SMILES string of the molecule is CC1(C)CC(=O)c2cn(-c3ccc(F)cc3)c(=O)c(C(=O)N3CCN(c4ccccc4F)CC3)c2C1. The number of rotatable bonds is 3. The third-order valence-corrected chi connectivity index (χ3v) is 6.99. The topological polar surface area (TPSA) is 62.6 Å². The van der Waals surface area contributed by atoms with E-state index in [4.69, 9.17) is 0 Å². The Bertz CT molecular complexity index is 1400. The highest BCUT2D eigenvalue weighted by Gasteiger charge is 2.37. The van der Waals surface area contributed by atoms with E-state index in [2.05, 4.69) is 0 Å². The third-order valence-electron chi connectivity index (χ3n) is 6.99. The molecule has 0 radical (unpaired) electrons. The Morgan fingerprint density at radius 3 is 2.22 bits per heavy atom. The monoisotopic (exact) mass is 491 g/mol. The number of benzene rings is 2. The van der Waals surface area contributed by atoms with Crippen LogP contribution < -0.4 is 10.5 Å². The van der Waals surface area contributed by atoms with Crippen molar-refractivity contribution in [2.75, 3.05) is 31.1 Å². The van der Waals surface area contributed by atoms with Gasteiger partial charge in [-0.05, 0) is 53.8 Å². The van der Waals surface area contributed by atoms with Crippen LogP contribution >= 0.6 is 0 Å². The van der Waals surface area contributed by atoms with Crippen LogP contribution in [0, 0.1) is 17.0 Å². The summed E-state index contributed by atoms with van der Waals surface area (Å²) in [5.41, 5.74) is 0.738. The average Bonchev–Trinajstić information content (AvgIpc) is 2.84. The molecule has 0 spiro atoms. The van der Waals surface area contributed by atoms with Crippen molar-refractivity contribution in [1.82, 2.24) is 9.47 Å². The van der Waals surface area contributed by atoms with Crippen LogP contribution in [0.1, 0.15) is 46.5 Å². The van der Waals surface area contributed by atoms with Gasteiger partial charge >= 0.3 is 0 Å². The number of halogens is 2. The maximum absolute atomic E-state index is 14.3. The van der Waals surface area contributed by atoms with Crippen molar-refractivity contribution in [2.24, 2.45) is 5.41 Å². The molecule has 0 atom stereocenters. The Labute approximate surface area is 207 Å². The number of pyridine rings is 1. The van der Waals surface area contributed by atoms with Crippen molar-refractivity contribution in [3.05, 3.63) is 93.4 Å².